The first-order valence-electron chi connectivity index (χ1n) is 6.08. The molecule has 100 valence electrons. The fourth-order valence-corrected chi connectivity index (χ4v) is 3.44. The Labute approximate surface area is 103 Å². The van der Waals surface area contributed by atoms with Gasteiger partial charge in [0.25, 0.3) is 10.2 Å². The maximum Gasteiger partial charge on any atom is 0.280 e. The van der Waals surface area contributed by atoms with Crippen LogP contribution in [-0.2, 0) is 10.2 Å². The molecule has 0 aromatic carbocycles. The Morgan fingerprint density at radius 3 is 2.29 bits per heavy atom. The molecule has 1 heterocycles. The molecule has 4 N–H and O–H groups in total. The number of nitrogens with two attached hydrogens (primary N) is 1. The van der Waals surface area contributed by atoms with Gasteiger partial charge < -0.3 is 5.73 Å². The quantitative estimate of drug-likeness (QED) is 0.494. The van der Waals surface area contributed by atoms with E-state index in [9.17, 15) is 8.42 Å². The minimum absolute atomic E-state index is 0.133. The Hall–Kier alpha value is -0.660. The first-order valence-corrected chi connectivity index (χ1v) is 7.52. The van der Waals surface area contributed by atoms with Crippen LogP contribution in [0.15, 0.2) is 0 Å². The third-order valence-corrected chi connectivity index (χ3v) is 4.61. The van der Waals surface area contributed by atoms with Crippen molar-refractivity contribution in [3.05, 3.63) is 0 Å². The molecular formula is C10H22N4O2S. The van der Waals surface area contributed by atoms with Gasteiger partial charge in [-0.1, -0.05) is 19.8 Å². The standard InChI is InChI=1S/C10H22N4O2S/c1-2-9(10(11)12)13-17(15,16)14-7-5-3-4-6-8-14/h9,13H,2-8H2,1H3,(H3,11,12). The minimum Gasteiger partial charge on any atom is -0.386 e. The molecule has 17 heavy (non-hydrogen) atoms. The molecule has 1 aliphatic rings. The van der Waals surface area contributed by atoms with E-state index >= 15 is 0 Å². The number of amidine groups is 1. The maximum absolute atomic E-state index is 12.1. The molecule has 0 amide bonds. The largest absolute Gasteiger partial charge is 0.386 e. The van der Waals surface area contributed by atoms with Crippen LogP contribution in [0.25, 0.3) is 0 Å². The van der Waals surface area contributed by atoms with Crippen molar-refractivity contribution in [1.29, 1.82) is 5.41 Å². The lowest BCUT2D eigenvalue weighted by molar-refractivity contribution is 0.412. The summed E-state index contributed by atoms with van der Waals surface area (Å²) in [5.41, 5.74) is 5.35. The molecule has 6 nitrogen and oxygen atoms in total. The third-order valence-electron chi connectivity index (χ3n) is 2.98. The topological polar surface area (TPSA) is 99.3 Å². The van der Waals surface area contributed by atoms with Crippen LogP contribution in [0.2, 0.25) is 0 Å². The van der Waals surface area contributed by atoms with Gasteiger partial charge in [-0.3, -0.25) is 5.41 Å². The second-order valence-corrected chi connectivity index (χ2v) is 6.05. The SMILES string of the molecule is CCC(NS(=O)(=O)N1CCCCCC1)C(=N)N. The van der Waals surface area contributed by atoms with Crippen LogP contribution in [0.4, 0.5) is 0 Å². The van der Waals surface area contributed by atoms with Crippen molar-refractivity contribution >= 4 is 16.0 Å². The molecule has 0 spiro atoms. The first-order chi connectivity index (χ1) is 7.97. The van der Waals surface area contributed by atoms with Gasteiger partial charge in [-0.05, 0) is 19.3 Å². The highest BCUT2D eigenvalue weighted by Gasteiger charge is 2.26. The van der Waals surface area contributed by atoms with Crippen molar-refractivity contribution in [1.82, 2.24) is 9.03 Å². The zero-order chi connectivity index (χ0) is 12.9. The fraction of sp³-hybridized carbons (Fsp3) is 0.900. The second-order valence-electron chi connectivity index (χ2n) is 4.35. The smallest absolute Gasteiger partial charge is 0.280 e. The number of nitrogens with zero attached hydrogens (tertiary/aromatic N) is 1. The van der Waals surface area contributed by atoms with E-state index in [-0.39, 0.29) is 5.84 Å². The van der Waals surface area contributed by atoms with E-state index in [1.54, 1.807) is 6.92 Å². The summed E-state index contributed by atoms with van der Waals surface area (Å²) in [6.45, 7) is 2.92. The second kappa shape index (κ2) is 6.32. The van der Waals surface area contributed by atoms with Gasteiger partial charge in [0.15, 0.2) is 0 Å². The lowest BCUT2D eigenvalue weighted by atomic mass is 10.2. The van der Waals surface area contributed by atoms with Crippen LogP contribution in [0.3, 0.4) is 0 Å². The molecule has 1 aliphatic heterocycles. The van der Waals surface area contributed by atoms with Crippen LogP contribution in [-0.4, -0.2) is 37.7 Å². The van der Waals surface area contributed by atoms with E-state index in [0.717, 1.165) is 25.7 Å². The molecular weight excluding hydrogens is 240 g/mol. The maximum atomic E-state index is 12.1. The normalized spacial score (nSPS) is 20.8. The fourth-order valence-electron chi connectivity index (χ4n) is 1.90. The Bertz CT molecular complexity index is 347. The summed E-state index contributed by atoms with van der Waals surface area (Å²) in [5, 5.41) is 7.32. The van der Waals surface area contributed by atoms with Crippen molar-refractivity contribution in [3.63, 3.8) is 0 Å². The van der Waals surface area contributed by atoms with Crippen LogP contribution in [0, 0.1) is 5.41 Å². The molecule has 0 saturated carbocycles. The van der Waals surface area contributed by atoms with Crippen molar-refractivity contribution < 1.29 is 8.42 Å². The number of hydrogen-bond acceptors (Lipinski definition) is 3. The number of hydrogen-bond donors (Lipinski definition) is 3. The first kappa shape index (κ1) is 14.4. The molecule has 0 bridgehead atoms. The molecule has 1 fully saturated rings. The summed E-state index contributed by atoms with van der Waals surface area (Å²) < 4.78 is 28.1. The predicted molar refractivity (Wildman–Crippen MR) is 68.1 cm³/mol. The van der Waals surface area contributed by atoms with Gasteiger partial charge in [-0.15, -0.1) is 0 Å². The molecule has 0 aliphatic carbocycles. The average Bonchev–Trinajstić information content (AvgIpc) is 2.54. The van der Waals surface area contributed by atoms with E-state index in [0.29, 0.717) is 19.5 Å². The minimum atomic E-state index is -3.50. The molecule has 1 saturated heterocycles. The van der Waals surface area contributed by atoms with Gasteiger partial charge in [0.05, 0.1) is 6.04 Å². The number of nitrogens with one attached hydrogen (secondary N) is 2. The van der Waals surface area contributed by atoms with Gasteiger partial charge in [-0.2, -0.15) is 17.4 Å². The molecule has 0 radical (unpaired) electrons. The van der Waals surface area contributed by atoms with Gasteiger partial charge in [0.1, 0.15) is 5.84 Å². The van der Waals surface area contributed by atoms with Gasteiger partial charge in [0, 0.05) is 13.1 Å². The lowest BCUT2D eigenvalue weighted by Gasteiger charge is -2.23. The van der Waals surface area contributed by atoms with Crippen LogP contribution >= 0.6 is 0 Å². The highest BCUT2D eigenvalue weighted by atomic mass is 32.2. The zero-order valence-electron chi connectivity index (χ0n) is 10.3. The Balaban J connectivity index is 2.68. The summed E-state index contributed by atoms with van der Waals surface area (Å²) in [6, 6.07) is -0.594. The third kappa shape index (κ3) is 4.25. The molecule has 1 unspecified atom stereocenters. The molecule has 7 heteroatoms. The lowest BCUT2D eigenvalue weighted by Crippen LogP contribution is -2.50. The van der Waals surface area contributed by atoms with E-state index in [1.165, 1.54) is 4.31 Å². The van der Waals surface area contributed by atoms with Crippen molar-refractivity contribution in [2.45, 2.75) is 45.1 Å². The summed E-state index contributed by atoms with van der Waals surface area (Å²) >= 11 is 0. The molecule has 1 rings (SSSR count). The highest BCUT2D eigenvalue weighted by molar-refractivity contribution is 7.87. The van der Waals surface area contributed by atoms with Gasteiger partial charge in [-0.25, -0.2) is 0 Å². The van der Waals surface area contributed by atoms with E-state index < -0.39 is 16.3 Å². The van der Waals surface area contributed by atoms with Crippen molar-refractivity contribution in [3.8, 4) is 0 Å². The van der Waals surface area contributed by atoms with Gasteiger partial charge in [0.2, 0.25) is 0 Å². The van der Waals surface area contributed by atoms with Crippen molar-refractivity contribution in [2.24, 2.45) is 5.73 Å². The van der Waals surface area contributed by atoms with Crippen LogP contribution in [0.1, 0.15) is 39.0 Å². The summed E-state index contributed by atoms with van der Waals surface area (Å²) in [6.07, 6.45) is 4.45. The summed E-state index contributed by atoms with van der Waals surface area (Å²) in [7, 11) is -3.50. The zero-order valence-corrected chi connectivity index (χ0v) is 11.1. The highest BCUT2D eigenvalue weighted by Crippen LogP contribution is 2.12. The Kier molecular flexibility index (Phi) is 5.35. The number of rotatable bonds is 5. The van der Waals surface area contributed by atoms with E-state index in [2.05, 4.69) is 4.72 Å². The summed E-state index contributed by atoms with van der Waals surface area (Å²) in [5.74, 6) is -0.133. The Morgan fingerprint density at radius 1 is 1.35 bits per heavy atom. The summed E-state index contributed by atoms with van der Waals surface area (Å²) in [4.78, 5) is 0. The monoisotopic (exact) mass is 262 g/mol. The molecule has 0 aromatic heterocycles. The van der Waals surface area contributed by atoms with Crippen molar-refractivity contribution in [2.75, 3.05) is 13.1 Å². The van der Waals surface area contributed by atoms with Crippen LogP contribution in [0.5, 0.6) is 0 Å². The Morgan fingerprint density at radius 2 is 1.88 bits per heavy atom. The van der Waals surface area contributed by atoms with Gasteiger partial charge >= 0.3 is 0 Å². The predicted octanol–water partition coefficient (Wildman–Crippen LogP) is 0.411. The molecule has 1 atom stereocenters. The average molecular weight is 262 g/mol. The van der Waals surface area contributed by atoms with Crippen LogP contribution < -0.4 is 10.5 Å². The van der Waals surface area contributed by atoms with E-state index in [4.69, 9.17) is 11.1 Å². The molecule has 0 aromatic rings. The van der Waals surface area contributed by atoms with E-state index in [1.807, 2.05) is 0 Å².